The molecule has 0 atom stereocenters. The summed E-state index contributed by atoms with van der Waals surface area (Å²) in [6.45, 7) is 0.640. The number of hydrogen-bond donors (Lipinski definition) is 2. The topological polar surface area (TPSA) is 44.4 Å². The lowest BCUT2D eigenvalue weighted by Crippen LogP contribution is -2.37. The van der Waals surface area contributed by atoms with Crippen molar-refractivity contribution in [1.82, 2.24) is 15.4 Å². The Morgan fingerprint density at radius 3 is 3.22 bits per heavy atom. The van der Waals surface area contributed by atoms with Crippen molar-refractivity contribution in [1.29, 1.82) is 0 Å². The Labute approximate surface area is 62.0 Å². The van der Waals surface area contributed by atoms with Crippen LogP contribution < -0.4 is 10.9 Å². The smallest absolute Gasteiger partial charge is 0.223 e. The van der Waals surface area contributed by atoms with Crippen molar-refractivity contribution in [3.8, 4) is 0 Å². The molecule has 0 saturated carbocycles. The molecule has 1 aliphatic heterocycles. The summed E-state index contributed by atoms with van der Waals surface area (Å²) in [7, 11) is 0. The van der Waals surface area contributed by atoms with Gasteiger partial charge in [-0.3, -0.25) is 10.2 Å². The molecule has 2 N–H and O–H groups in total. The molecule has 0 aromatic heterocycles. The molecule has 0 aliphatic carbocycles. The number of nitrogens with zero attached hydrogens (tertiary/aromatic N) is 1. The van der Waals surface area contributed by atoms with Gasteiger partial charge in [0.15, 0.2) is 0 Å². The molecule has 6 heteroatoms. The Hall–Kier alpha value is -0.170. The first-order valence-corrected chi connectivity index (χ1v) is 3.45. The Balaban J connectivity index is 2.29. The first kappa shape index (κ1) is 6.94. The Bertz CT molecular complexity index is 139. The van der Waals surface area contributed by atoms with Crippen LogP contribution in [0.5, 0.6) is 0 Å². The van der Waals surface area contributed by atoms with Crippen molar-refractivity contribution in [3.63, 3.8) is 0 Å². The molecule has 0 aromatic carbocycles. The molecule has 1 rings (SSSR count). The van der Waals surface area contributed by atoms with E-state index in [9.17, 15) is 4.79 Å². The summed E-state index contributed by atoms with van der Waals surface area (Å²) in [6, 6.07) is 0. The summed E-state index contributed by atoms with van der Waals surface area (Å²) < 4.78 is 2.29. The molecule has 50 valence electrons. The molecule has 0 radical (unpaired) electrons. The van der Waals surface area contributed by atoms with E-state index in [-0.39, 0.29) is 0 Å². The van der Waals surface area contributed by atoms with Crippen molar-refractivity contribution in [2.75, 3.05) is 6.54 Å². The zero-order chi connectivity index (χ0) is 6.69. The van der Waals surface area contributed by atoms with Crippen molar-refractivity contribution in [3.05, 3.63) is 0 Å². The van der Waals surface area contributed by atoms with Crippen LogP contribution in [0.3, 0.4) is 0 Å². The molecule has 0 bridgehead atoms. The zero-order valence-corrected chi connectivity index (χ0v) is 6.09. The molecule has 0 aromatic rings. The van der Waals surface area contributed by atoms with Gasteiger partial charge in [0.1, 0.15) is 0 Å². The van der Waals surface area contributed by atoms with Gasteiger partial charge in [-0.15, -0.1) is 0 Å². The standard InChI is InChI=1S/C3H5N3OS2/c7-2-5-6-4-1-3(8)9-6/h2,4H,1H2,(H,5,7). The maximum atomic E-state index is 9.82. The monoisotopic (exact) mass is 163 g/mol. The van der Waals surface area contributed by atoms with Gasteiger partial charge in [-0.25, -0.2) is 5.43 Å². The van der Waals surface area contributed by atoms with Crippen molar-refractivity contribution < 1.29 is 4.79 Å². The minimum Gasteiger partial charge on any atom is -0.277 e. The number of rotatable bonds is 2. The second-order valence-electron chi connectivity index (χ2n) is 1.34. The third-order valence-corrected chi connectivity index (χ3v) is 1.86. The van der Waals surface area contributed by atoms with Gasteiger partial charge < -0.3 is 0 Å². The van der Waals surface area contributed by atoms with E-state index in [1.54, 1.807) is 0 Å². The average Bonchev–Trinajstić information content (AvgIpc) is 2.17. The molecule has 1 aliphatic rings. The summed E-state index contributed by atoms with van der Waals surface area (Å²) in [5.41, 5.74) is 5.21. The van der Waals surface area contributed by atoms with Gasteiger partial charge in [0.2, 0.25) is 6.41 Å². The molecular formula is C3H5N3OS2. The van der Waals surface area contributed by atoms with E-state index >= 15 is 0 Å². The molecule has 4 nitrogen and oxygen atoms in total. The van der Waals surface area contributed by atoms with Crippen LogP contribution in [-0.4, -0.2) is 21.7 Å². The van der Waals surface area contributed by atoms with Gasteiger partial charge in [-0.1, -0.05) is 16.7 Å². The molecular weight excluding hydrogens is 158 g/mol. The summed E-state index contributed by atoms with van der Waals surface area (Å²) in [5, 5.41) is 0. The fraction of sp³-hybridized carbons (Fsp3) is 0.333. The highest BCUT2D eigenvalue weighted by Gasteiger charge is 2.15. The van der Waals surface area contributed by atoms with Crippen LogP contribution in [0.1, 0.15) is 0 Å². The zero-order valence-electron chi connectivity index (χ0n) is 4.46. The number of amides is 1. The van der Waals surface area contributed by atoms with E-state index in [1.165, 1.54) is 16.5 Å². The molecule has 0 spiro atoms. The largest absolute Gasteiger partial charge is 0.277 e. The summed E-state index contributed by atoms with van der Waals surface area (Å²) in [6.07, 6.45) is 0.591. The van der Waals surface area contributed by atoms with E-state index in [1.807, 2.05) is 0 Å². The van der Waals surface area contributed by atoms with Gasteiger partial charge in [-0.2, -0.15) is 0 Å². The molecule has 9 heavy (non-hydrogen) atoms. The van der Waals surface area contributed by atoms with Gasteiger partial charge in [0.25, 0.3) is 0 Å². The van der Waals surface area contributed by atoms with Gasteiger partial charge in [-0.05, 0) is 0 Å². The van der Waals surface area contributed by atoms with E-state index in [0.29, 0.717) is 13.0 Å². The molecule has 1 fully saturated rings. The van der Waals surface area contributed by atoms with E-state index in [0.717, 1.165) is 4.20 Å². The molecule has 1 saturated heterocycles. The van der Waals surface area contributed by atoms with Crippen LogP contribution in [0.15, 0.2) is 0 Å². The highest BCUT2D eigenvalue weighted by atomic mass is 32.2. The van der Waals surface area contributed by atoms with Crippen molar-refractivity contribution in [2.45, 2.75) is 0 Å². The van der Waals surface area contributed by atoms with E-state index in [4.69, 9.17) is 12.2 Å². The number of hydrogen-bond acceptors (Lipinski definition) is 5. The van der Waals surface area contributed by atoms with Gasteiger partial charge >= 0.3 is 0 Å². The normalized spacial score (nSPS) is 20.2. The van der Waals surface area contributed by atoms with Crippen LogP contribution in [0, 0.1) is 0 Å². The number of carbonyl (C=O) groups excluding carboxylic acids is 1. The number of hydrazine groups is 2. The third kappa shape index (κ3) is 1.90. The lowest BCUT2D eigenvalue weighted by atomic mass is 10.8. The fourth-order valence-electron chi connectivity index (χ4n) is 0.423. The highest BCUT2D eigenvalue weighted by molar-refractivity contribution is 8.21. The minimum atomic E-state index is 0.591. The second kappa shape index (κ2) is 3.11. The van der Waals surface area contributed by atoms with Crippen LogP contribution >= 0.6 is 24.2 Å². The summed E-state index contributed by atoms with van der Waals surface area (Å²) in [5.74, 6) is 0. The van der Waals surface area contributed by atoms with E-state index < -0.39 is 0 Å². The Morgan fingerprint density at radius 2 is 2.78 bits per heavy atom. The van der Waals surface area contributed by atoms with Crippen LogP contribution in [0.25, 0.3) is 0 Å². The summed E-state index contributed by atoms with van der Waals surface area (Å²) in [4.78, 5) is 9.82. The predicted molar refractivity (Wildman–Crippen MR) is 39.2 cm³/mol. The lowest BCUT2D eigenvalue weighted by Gasteiger charge is -2.08. The Morgan fingerprint density at radius 1 is 2.00 bits per heavy atom. The number of nitrogens with one attached hydrogen (secondary N) is 2. The highest BCUT2D eigenvalue weighted by Crippen LogP contribution is 2.11. The molecule has 0 unspecified atom stereocenters. The number of thiocarbonyl (C=S) groups is 1. The third-order valence-electron chi connectivity index (χ3n) is 0.730. The second-order valence-corrected chi connectivity index (χ2v) is 3.13. The van der Waals surface area contributed by atoms with Crippen LogP contribution in [0.4, 0.5) is 0 Å². The van der Waals surface area contributed by atoms with Gasteiger partial charge in [0.05, 0.1) is 10.7 Å². The van der Waals surface area contributed by atoms with Gasteiger partial charge in [0, 0.05) is 11.9 Å². The molecule has 1 amide bonds. The average molecular weight is 163 g/mol. The van der Waals surface area contributed by atoms with Crippen molar-refractivity contribution in [2.24, 2.45) is 0 Å². The van der Waals surface area contributed by atoms with Crippen molar-refractivity contribution >= 4 is 34.8 Å². The SMILES string of the molecule is O=CNN1NCC(=S)S1. The number of carbonyl (C=O) groups is 1. The fourth-order valence-corrected chi connectivity index (χ4v) is 1.27. The maximum absolute atomic E-state index is 9.82. The van der Waals surface area contributed by atoms with Crippen LogP contribution in [-0.2, 0) is 4.79 Å². The first-order valence-electron chi connectivity index (χ1n) is 2.27. The maximum Gasteiger partial charge on any atom is 0.223 e. The first-order chi connectivity index (χ1) is 4.33. The van der Waals surface area contributed by atoms with E-state index in [2.05, 4.69) is 10.9 Å². The van der Waals surface area contributed by atoms with Crippen LogP contribution in [0.2, 0.25) is 0 Å². The quantitative estimate of drug-likeness (QED) is 0.325. The summed E-state index contributed by atoms with van der Waals surface area (Å²) >= 11 is 6.11. The minimum absolute atomic E-state index is 0.591. The predicted octanol–water partition coefficient (Wildman–Crippen LogP) is -0.557. The molecule has 1 heterocycles. The lowest BCUT2D eigenvalue weighted by molar-refractivity contribution is -0.112. The Kier molecular flexibility index (Phi) is 2.40.